The molecular weight excluding hydrogens is 356 g/mol. The second kappa shape index (κ2) is 9.09. The monoisotopic (exact) mass is 384 g/mol. The van der Waals surface area contributed by atoms with Crippen molar-refractivity contribution in [3.05, 3.63) is 23.3 Å². The van der Waals surface area contributed by atoms with Crippen molar-refractivity contribution in [3.8, 4) is 11.5 Å². The van der Waals surface area contributed by atoms with Gasteiger partial charge in [0.1, 0.15) is 0 Å². The Morgan fingerprint density at radius 1 is 1.19 bits per heavy atom. The van der Waals surface area contributed by atoms with Gasteiger partial charge in [0.15, 0.2) is 17.5 Å². The van der Waals surface area contributed by atoms with Gasteiger partial charge in [0, 0.05) is 33.2 Å². The van der Waals surface area contributed by atoms with E-state index in [1.165, 1.54) is 11.1 Å². The zero-order chi connectivity index (χ0) is 19.2. The highest BCUT2D eigenvalue weighted by molar-refractivity contribution is 7.88. The van der Waals surface area contributed by atoms with Gasteiger partial charge < -0.3 is 19.7 Å². The van der Waals surface area contributed by atoms with Gasteiger partial charge >= 0.3 is 0 Å². The normalized spacial score (nSPS) is 14.8. The molecule has 1 heterocycles. The van der Waals surface area contributed by atoms with Gasteiger partial charge in [-0.3, -0.25) is 4.99 Å². The Labute approximate surface area is 155 Å². The van der Waals surface area contributed by atoms with Gasteiger partial charge in [-0.25, -0.2) is 13.1 Å². The third kappa shape index (κ3) is 5.50. The minimum absolute atomic E-state index is 0.405. The fraction of sp³-hybridized carbons (Fsp3) is 0.588. The summed E-state index contributed by atoms with van der Waals surface area (Å²) in [6.07, 6.45) is 2.74. The quantitative estimate of drug-likeness (QED) is 0.406. The number of hydrogen-bond donors (Lipinski definition) is 2. The van der Waals surface area contributed by atoms with Crippen LogP contribution in [0.2, 0.25) is 0 Å². The Balaban J connectivity index is 1.95. The summed E-state index contributed by atoms with van der Waals surface area (Å²) in [6.45, 7) is 2.63. The molecule has 8 nitrogen and oxygen atoms in total. The molecule has 0 aliphatic carbocycles. The van der Waals surface area contributed by atoms with Gasteiger partial charge in [0.2, 0.25) is 10.0 Å². The SMILES string of the molecule is CN=C(NCCCNS(C)(=O)=O)N1CCc2cc(OC)c(OC)cc2C1. The van der Waals surface area contributed by atoms with E-state index in [1.54, 1.807) is 21.3 Å². The van der Waals surface area contributed by atoms with E-state index in [9.17, 15) is 8.42 Å². The first-order valence-corrected chi connectivity index (χ1v) is 10.4. The lowest BCUT2D eigenvalue weighted by Gasteiger charge is -2.32. The van der Waals surface area contributed by atoms with Crippen molar-refractivity contribution in [3.63, 3.8) is 0 Å². The number of nitrogens with zero attached hydrogens (tertiary/aromatic N) is 2. The lowest BCUT2D eigenvalue weighted by molar-refractivity contribution is 0.346. The number of guanidine groups is 1. The third-order valence-electron chi connectivity index (χ3n) is 4.23. The first-order valence-electron chi connectivity index (χ1n) is 8.52. The molecule has 0 atom stereocenters. The molecular formula is C17H28N4O4S. The van der Waals surface area contributed by atoms with Crippen molar-refractivity contribution in [2.24, 2.45) is 4.99 Å². The fourth-order valence-corrected chi connectivity index (χ4v) is 3.46. The van der Waals surface area contributed by atoms with E-state index in [-0.39, 0.29) is 0 Å². The highest BCUT2D eigenvalue weighted by atomic mass is 32.2. The topological polar surface area (TPSA) is 92.3 Å². The number of rotatable bonds is 7. The first kappa shape index (κ1) is 20.3. The van der Waals surface area contributed by atoms with E-state index >= 15 is 0 Å². The molecule has 0 spiro atoms. The van der Waals surface area contributed by atoms with Crippen molar-refractivity contribution >= 4 is 16.0 Å². The van der Waals surface area contributed by atoms with Crippen LogP contribution < -0.4 is 19.5 Å². The first-order chi connectivity index (χ1) is 12.4. The van der Waals surface area contributed by atoms with Gasteiger partial charge in [-0.1, -0.05) is 0 Å². The molecule has 0 unspecified atom stereocenters. The van der Waals surface area contributed by atoms with Crippen LogP contribution in [0.5, 0.6) is 11.5 Å². The number of sulfonamides is 1. The third-order valence-corrected chi connectivity index (χ3v) is 4.96. The van der Waals surface area contributed by atoms with Crippen LogP contribution in [0.4, 0.5) is 0 Å². The summed E-state index contributed by atoms with van der Waals surface area (Å²) in [5.41, 5.74) is 2.45. The van der Waals surface area contributed by atoms with Gasteiger partial charge in [-0.2, -0.15) is 0 Å². The largest absolute Gasteiger partial charge is 0.493 e. The maximum absolute atomic E-state index is 11.1. The maximum Gasteiger partial charge on any atom is 0.208 e. The molecule has 2 rings (SSSR count). The zero-order valence-electron chi connectivity index (χ0n) is 15.8. The summed E-state index contributed by atoms with van der Waals surface area (Å²) in [4.78, 5) is 6.52. The predicted molar refractivity (Wildman–Crippen MR) is 102 cm³/mol. The van der Waals surface area contributed by atoms with Crippen molar-refractivity contribution < 1.29 is 17.9 Å². The Morgan fingerprint density at radius 3 is 2.42 bits per heavy atom. The Bertz CT molecular complexity index is 749. The van der Waals surface area contributed by atoms with E-state index < -0.39 is 10.0 Å². The van der Waals surface area contributed by atoms with Gasteiger partial charge in [0.05, 0.1) is 20.5 Å². The molecule has 9 heteroatoms. The molecule has 0 bridgehead atoms. The standard InChI is InChI=1S/C17H28N4O4S/c1-18-17(19-7-5-8-20-26(4,22)23)21-9-6-13-10-15(24-2)16(25-3)11-14(13)12-21/h10-11,20H,5-9,12H2,1-4H3,(H,18,19). The minimum atomic E-state index is -3.14. The summed E-state index contributed by atoms with van der Waals surface area (Å²) in [7, 11) is 1.89. The zero-order valence-corrected chi connectivity index (χ0v) is 16.6. The molecule has 0 fully saturated rings. The van der Waals surface area contributed by atoms with E-state index in [0.717, 1.165) is 43.2 Å². The van der Waals surface area contributed by atoms with Gasteiger partial charge in [0.25, 0.3) is 0 Å². The summed E-state index contributed by atoms with van der Waals surface area (Å²) in [5, 5.41) is 3.29. The molecule has 1 aliphatic heterocycles. The average Bonchev–Trinajstić information content (AvgIpc) is 2.62. The van der Waals surface area contributed by atoms with Crippen LogP contribution in [-0.4, -0.2) is 66.4 Å². The van der Waals surface area contributed by atoms with E-state index in [2.05, 4.69) is 19.9 Å². The molecule has 0 radical (unpaired) electrons. The lowest BCUT2D eigenvalue weighted by Crippen LogP contribution is -2.44. The summed E-state index contributed by atoms with van der Waals surface area (Å²) < 4.78 is 35.4. The molecule has 0 saturated carbocycles. The van der Waals surface area contributed by atoms with Crippen LogP contribution in [-0.2, 0) is 23.0 Å². The second-order valence-corrected chi connectivity index (χ2v) is 7.97. The van der Waals surface area contributed by atoms with Crippen molar-refractivity contribution in [1.82, 2.24) is 14.9 Å². The fourth-order valence-electron chi connectivity index (χ4n) is 2.94. The molecule has 2 N–H and O–H groups in total. The molecule has 0 aromatic heterocycles. The molecule has 1 aromatic rings. The number of methoxy groups -OCH3 is 2. The Morgan fingerprint density at radius 2 is 1.85 bits per heavy atom. The number of fused-ring (bicyclic) bond motifs is 1. The van der Waals surface area contributed by atoms with Crippen LogP contribution in [0.3, 0.4) is 0 Å². The second-order valence-electron chi connectivity index (χ2n) is 6.14. The molecule has 146 valence electrons. The highest BCUT2D eigenvalue weighted by Crippen LogP contribution is 2.33. The van der Waals surface area contributed by atoms with Crippen molar-refractivity contribution in [2.45, 2.75) is 19.4 Å². The van der Waals surface area contributed by atoms with Crippen LogP contribution in [0.15, 0.2) is 17.1 Å². The molecule has 1 aliphatic rings. The highest BCUT2D eigenvalue weighted by Gasteiger charge is 2.21. The van der Waals surface area contributed by atoms with Crippen LogP contribution in [0.25, 0.3) is 0 Å². The number of benzene rings is 1. The summed E-state index contributed by atoms with van der Waals surface area (Å²) >= 11 is 0. The number of hydrogen-bond acceptors (Lipinski definition) is 5. The van der Waals surface area contributed by atoms with E-state index in [0.29, 0.717) is 19.5 Å². The van der Waals surface area contributed by atoms with Gasteiger partial charge in [-0.15, -0.1) is 0 Å². The number of nitrogens with one attached hydrogen (secondary N) is 2. The van der Waals surface area contributed by atoms with E-state index in [4.69, 9.17) is 9.47 Å². The van der Waals surface area contributed by atoms with Gasteiger partial charge in [-0.05, 0) is 36.1 Å². The van der Waals surface area contributed by atoms with Crippen molar-refractivity contribution in [2.75, 3.05) is 47.2 Å². The maximum atomic E-state index is 11.1. The Hall–Kier alpha value is -2.00. The predicted octanol–water partition coefficient (Wildman–Crippen LogP) is 0.577. The van der Waals surface area contributed by atoms with Crippen LogP contribution in [0, 0.1) is 0 Å². The lowest BCUT2D eigenvalue weighted by atomic mass is 9.99. The number of ether oxygens (including phenoxy) is 2. The van der Waals surface area contributed by atoms with Crippen LogP contribution in [0.1, 0.15) is 17.5 Å². The molecule has 0 amide bonds. The summed E-state index contributed by atoms with van der Waals surface area (Å²) in [5.74, 6) is 2.29. The molecule has 0 saturated heterocycles. The average molecular weight is 385 g/mol. The molecule has 26 heavy (non-hydrogen) atoms. The Kier molecular flexibility index (Phi) is 7.10. The molecule has 1 aromatic carbocycles. The minimum Gasteiger partial charge on any atom is -0.493 e. The van der Waals surface area contributed by atoms with Crippen LogP contribution >= 0.6 is 0 Å². The smallest absolute Gasteiger partial charge is 0.208 e. The van der Waals surface area contributed by atoms with Crippen molar-refractivity contribution in [1.29, 1.82) is 0 Å². The number of aliphatic imine (C=N–C) groups is 1. The summed E-state index contributed by atoms with van der Waals surface area (Å²) in [6, 6.07) is 4.06. The van der Waals surface area contributed by atoms with E-state index in [1.807, 2.05) is 12.1 Å².